The maximum Gasteiger partial charge on any atom is 0.124 e. The molecule has 1 N–H and O–H groups in total. The third-order valence-electron chi connectivity index (χ3n) is 3.07. The van der Waals surface area contributed by atoms with Gasteiger partial charge in [-0.05, 0) is 37.1 Å². The van der Waals surface area contributed by atoms with Crippen molar-refractivity contribution in [2.45, 2.75) is 25.5 Å². The second kappa shape index (κ2) is 5.26. The molecule has 0 saturated carbocycles. The van der Waals surface area contributed by atoms with Gasteiger partial charge in [0.05, 0.1) is 17.7 Å². The molecule has 1 aliphatic heterocycles. The van der Waals surface area contributed by atoms with Crippen LogP contribution in [0.1, 0.15) is 24.0 Å². The first kappa shape index (κ1) is 12.0. The zero-order valence-corrected chi connectivity index (χ0v) is 9.56. The van der Waals surface area contributed by atoms with Gasteiger partial charge >= 0.3 is 0 Å². The number of nitrogens with zero attached hydrogens (tertiary/aromatic N) is 2. The number of benzene rings is 1. The number of aliphatic hydroxyl groups excluding tert-OH is 1. The van der Waals surface area contributed by atoms with Crippen LogP contribution in [0, 0.1) is 17.1 Å². The molecule has 4 heteroatoms. The van der Waals surface area contributed by atoms with Crippen molar-refractivity contribution < 1.29 is 9.50 Å². The number of halogens is 1. The lowest BCUT2D eigenvalue weighted by molar-refractivity contribution is 0.0668. The van der Waals surface area contributed by atoms with E-state index in [2.05, 4.69) is 4.90 Å². The van der Waals surface area contributed by atoms with Crippen molar-refractivity contribution in [2.24, 2.45) is 0 Å². The molecule has 3 nitrogen and oxygen atoms in total. The fourth-order valence-corrected chi connectivity index (χ4v) is 2.21. The molecule has 0 aromatic heterocycles. The van der Waals surface area contributed by atoms with Crippen LogP contribution in [-0.4, -0.2) is 29.2 Å². The normalized spacial score (nSPS) is 21.1. The molecule has 1 aromatic carbocycles. The highest BCUT2D eigenvalue weighted by Gasteiger charge is 2.18. The number of hydrogen-bond acceptors (Lipinski definition) is 3. The molecule has 0 radical (unpaired) electrons. The van der Waals surface area contributed by atoms with Gasteiger partial charge in [-0.15, -0.1) is 0 Å². The number of piperidine rings is 1. The van der Waals surface area contributed by atoms with Gasteiger partial charge in [-0.3, -0.25) is 4.90 Å². The van der Waals surface area contributed by atoms with Crippen LogP contribution in [0.25, 0.3) is 0 Å². The molecule has 2 rings (SSSR count). The summed E-state index contributed by atoms with van der Waals surface area (Å²) in [5.74, 6) is -0.385. The topological polar surface area (TPSA) is 47.3 Å². The molecular weight excluding hydrogens is 219 g/mol. The van der Waals surface area contributed by atoms with Crippen LogP contribution in [0.15, 0.2) is 18.2 Å². The Balaban J connectivity index is 2.10. The van der Waals surface area contributed by atoms with E-state index in [1.54, 1.807) is 6.07 Å². The average Bonchev–Trinajstić information content (AvgIpc) is 2.31. The van der Waals surface area contributed by atoms with Gasteiger partial charge in [0.2, 0.25) is 0 Å². The molecule has 1 aromatic rings. The summed E-state index contributed by atoms with van der Waals surface area (Å²) in [6, 6.07) is 6.29. The molecule has 90 valence electrons. The average molecular weight is 234 g/mol. The molecule has 1 saturated heterocycles. The Bertz CT molecular complexity index is 442. The number of rotatable bonds is 2. The Morgan fingerprint density at radius 1 is 1.53 bits per heavy atom. The maximum absolute atomic E-state index is 13.0. The number of β-amino-alcohol motifs (C(OH)–C–C–N with tert-alkyl or cyclic N) is 1. The summed E-state index contributed by atoms with van der Waals surface area (Å²) in [5, 5.41) is 18.5. The van der Waals surface area contributed by atoms with E-state index >= 15 is 0 Å². The van der Waals surface area contributed by atoms with Gasteiger partial charge in [0, 0.05) is 13.1 Å². The Morgan fingerprint density at radius 3 is 3.06 bits per heavy atom. The molecule has 1 atom stereocenters. The SMILES string of the molecule is N#Cc1cc(F)ccc1CN1CCC[C@H](O)C1. The highest BCUT2D eigenvalue weighted by Crippen LogP contribution is 2.17. The van der Waals surface area contributed by atoms with Crippen LogP contribution < -0.4 is 0 Å². The third-order valence-corrected chi connectivity index (χ3v) is 3.07. The second-order valence-electron chi connectivity index (χ2n) is 4.44. The van der Waals surface area contributed by atoms with E-state index in [4.69, 9.17) is 5.26 Å². The summed E-state index contributed by atoms with van der Waals surface area (Å²) in [7, 11) is 0. The van der Waals surface area contributed by atoms with Crippen molar-refractivity contribution in [3.8, 4) is 6.07 Å². The van der Waals surface area contributed by atoms with Crippen LogP contribution in [0.4, 0.5) is 4.39 Å². The minimum absolute atomic E-state index is 0.283. The largest absolute Gasteiger partial charge is 0.392 e. The Labute approximate surface area is 100 Å². The summed E-state index contributed by atoms with van der Waals surface area (Å²) in [6.45, 7) is 2.14. The smallest absolute Gasteiger partial charge is 0.124 e. The van der Waals surface area contributed by atoms with Crippen molar-refractivity contribution >= 4 is 0 Å². The maximum atomic E-state index is 13.0. The van der Waals surface area contributed by atoms with E-state index in [1.807, 2.05) is 6.07 Å². The molecule has 0 unspecified atom stereocenters. The van der Waals surface area contributed by atoms with Gasteiger partial charge in [0.25, 0.3) is 0 Å². The highest BCUT2D eigenvalue weighted by atomic mass is 19.1. The van der Waals surface area contributed by atoms with Crippen LogP contribution in [0.5, 0.6) is 0 Å². The van der Waals surface area contributed by atoms with Gasteiger partial charge in [-0.1, -0.05) is 6.07 Å². The molecule has 1 heterocycles. The van der Waals surface area contributed by atoms with Crippen LogP contribution >= 0.6 is 0 Å². The van der Waals surface area contributed by atoms with Crippen molar-refractivity contribution in [2.75, 3.05) is 13.1 Å². The summed E-state index contributed by atoms with van der Waals surface area (Å²) < 4.78 is 13.0. The monoisotopic (exact) mass is 234 g/mol. The minimum Gasteiger partial charge on any atom is -0.392 e. The van der Waals surface area contributed by atoms with E-state index < -0.39 is 0 Å². The minimum atomic E-state index is -0.385. The van der Waals surface area contributed by atoms with Crippen molar-refractivity contribution in [1.29, 1.82) is 5.26 Å². The van der Waals surface area contributed by atoms with E-state index in [0.29, 0.717) is 18.7 Å². The standard InChI is InChI=1S/C13H15FN2O/c14-12-4-3-10(11(6-12)7-15)8-16-5-1-2-13(17)9-16/h3-4,6,13,17H,1-2,5,8-9H2/t13-/m0/s1. The zero-order valence-electron chi connectivity index (χ0n) is 9.56. The second-order valence-corrected chi connectivity index (χ2v) is 4.44. The predicted molar refractivity (Wildman–Crippen MR) is 61.6 cm³/mol. The van der Waals surface area contributed by atoms with Crippen molar-refractivity contribution in [3.63, 3.8) is 0 Å². The van der Waals surface area contributed by atoms with Crippen LogP contribution in [0.3, 0.4) is 0 Å². The zero-order chi connectivity index (χ0) is 12.3. The van der Waals surface area contributed by atoms with Crippen LogP contribution in [-0.2, 0) is 6.54 Å². The summed E-state index contributed by atoms with van der Waals surface area (Å²) in [5.41, 5.74) is 1.20. The van der Waals surface area contributed by atoms with Gasteiger partial charge in [-0.2, -0.15) is 5.26 Å². The first-order chi connectivity index (χ1) is 8.19. The van der Waals surface area contributed by atoms with Gasteiger partial charge in [-0.25, -0.2) is 4.39 Å². The molecule has 0 aliphatic carbocycles. The summed E-state index contributed by atoms with van der Waals surface area (Å²) >= 11 is 0. The van der Waals surface area contributed by atoms with E-state index in [-0.39, 0.29) is 11.9 Å². The molecule has 1 fully saturated rings. The highest BCUT2D eigenvalue weighted by molar-refractivity contribution is 5.37. The Hall–Kier alpha value is -1.44. The molecular formula is C13H15FN2O. The van der Waals surface area contributed by atoms with E-state index in [0.717, 1.165) is 24.9 Å². The lowest BCUT2D eigenvalue weighted by Gasteiger charge is -2.30. The Morgan fingerprint density at radius 2 is 2.35 bits per heavy atom. The van der Waals surface area contributed by atoms with Gasteiger partial charge < -0.3 is 5.11 Å². The predicted octanol–water partition coefficient (Wildman–Crippen LogP) is 1.65. The van der Waals surface area contributed by atoms with Crippen molar-refractivity contribution in [3.05, 3.63) is 35.1 Å². The molecule has 17 heavy (non-hydrogen) atoms. The van der Waals surface area contributed by atoms with Crippen molar-refractivity contribution in [1.82, 2.24) is 4.90 Å². The summed E-state index contributed by atoms with van der Waals surface area (Å²) in [4.78, 5) is 2.10. The molecule has 1 aliphatic rings. The lowest BCUT2D eigenvalue weighted by Crippen LogP contribution is -2.37. The van der Waals surface area contributed by atoms with Gasteiger partial charge in [0.1, 0.15) is 5.82 Å². The van der Waals surface area contributed by atoms with E-state index in [9.17, 15) is 9.50 Å². The third kappa shape index (κ3) is 3.02. The first-order valence-corrected chi connectivity index (χ1v) is 5.78. The summed E-state index contributed by atoms with van der Waals surface area (Å²) in [6.07, 6.45) is 1.52. The molecule has 0 bridgehead atoms. The van der Waals surface area contributed by atoms with Gasteiger partial charge in [0.15, 0.2) is 0 Å². The number of likely N-dealkylation sites (tertiary alicyclic amines) is 1. The fraction of sp³-hybridized carbons (Fsp3) is 0.462. The fourth-order valence-electron chi connectivity index (χ4n) is 2.21. The first-order valence-electron chi connectivity index (χ1n) is 5.78. The molecule has 0 spiro atoms. The lowest BCUT2D eigenvalue weighted by atomic mass is 10.0. The van der Waals surface area contributed by atoms with Crippen LogP contribution in [0.2, 0.25) is 0 Å². The van der Waals surface area contributed by atoms with E-state index in [1.165, 1.54) is 12.1 Å². The number of hydrogen-bond donors (Lipinski definition) is 1. The quantitative estimate of drug-likeness (QED) is 0.846. The molecule has 0 amide bonds. The Kier molecular flexibility index (Phi) is 3.72. The number of nitriles is 1. The number of aliphatic hydroxyl groups is 1.